The summed E-state index contributed by atoms with van der Waals surface area (Å²) in [5, 5.41) is 10.0. The molecule has 0 aromatic carbocycles. The molecular formula is C19H24N4O3. The largest absolute Gasteiger partial charge is 0.481 e. The van der Waals surface area contributed by atoms with Crippen LogP contribution in [0, 0.1) is 17.3 Å². The smallest absolute Gasteiger partial charge is 0.313 e. The Labute approximate surface area is 152 Å². The van der Waals surface area contributed by atoms with Crippen LogP contribution in [0.15, 0.2) is 12.4 Å². The summed E-state index contributed by atoms with van der Waals surface area (Å²) in [7, 11) is 0. The van der Waals surface area contributed by atoms with Crippen LogP contribution >= 0.6 is 0 Å². The number of nitrogens with zero attached hydrogens (tertiary/aromatic N) is 4. The number of carboxylic acid groups (broad SMARTS) is 1. The fourth-order valence-electron chi connectivity index (χ4n) is 4.76. The lowest BCUT2D eigenvalue weighted by Gasteiger charge is -2.31. The average Bonchev–Trinajstić information content (AvgIpc) is 3.25. The van der Waals surface area contributed by atoms with Gasteiger partial charge >= 0.3 is 5.97 Å². The molecule has 0 bridgehead atoms. The second-order valence-electron chi connectivity index (χ2n) is 8.46. The molecule has 7 nitrogen and oxygen atoms in total. The Morgan fingerprint density at radius 2 is 1.92 bits per heavy atom. The van der Waals surface area contributed by atoms with Crippen molar-refractivity contribution >= 4 is 17.7 Å². The number of rotatable bonds is 4. The quantitative estimate of drug-likeness (QED) is 0.880. The van der Waals surface area contributed by atoms with Gasteiger partial charge in [-0.25, -0.2) is 9.97 Å². The van der Waals surface area contributed by atoms with Crippen LogP contribution in [0.4, 0.5) is 5.82 Å². The van der Waals surface area contributed by atoms with E-state index in [1.54, 1.807) is 6.33 Å². The highest BCUT2D eigenvalue weighted by Gasteiger charge is 2.59. The monoisotopic (exact) mass is 356 g/mol. The molecule has 2 saturated carbocycles. The SMILES string of the molecule is O=C(C1CCC1)N1C[C@@H]2CN(c3cc(C4CC4)ncn3)C[C@]2(C(=O)O)C1. The van der Waals surface area contributed by atoms with E-state index in [1.165, 1.54) is 12.8 Å². The van der Waals surface area contributed by atoms with E-state index < -0.39 is 11.4 Å². The van der Waals surface area contributed by atoms with Gasteiger partial charge < -0.3 is 14.9 Å². The Balaban J connectivity index is 1.36. The number of carboxylic acids is 1. The zero-order chi connectivity index (χ0) is 17.9. The number of likely N-dealkylation sites (tertiary alicyclic amines) is 1. The second kappa shape index (κ2) is 5.66. The number of fused-ring (bicyclic) bond motifs is 1. The number of carbonyl (C=O) groups excluding carboxylic acids is 1. The van der Waals surface area contributed by atoms with Gasteiger partial charge in [-0.1, -0.05) is 6.42 Å². The first-order valence-electron chi connectivity index (χ1n) is 9.66. The standard InChI is InChI=1S/C19H24N4O3/c24-17(13-2-1-3-13)23-8-14-7-22(9-19(14,10-23)18(25)26)16-6-15(12-4-5-12)20-11-21-16/h6,11-14H,1-5,7-10H2,(H,25,26)/t14-,19-/m0/s1. The molecule has 1 aromatic rings. The molecule has 2 aliphatic carbocycles. The summed E-state index contributed by atoms with van der Waals surface area (Å²) in [6, 6.07) is 2.02. The fourth-order valence-corrected chi connectivity index (χ4v) is 4.76. The van der Waals surface area contributed by atoms with Crippen molar-refractivity contribution in [3.63, 3.8) is 0 Å². The highest BCUT2D eigenvalue weighted by molar-refractivity contribution is 5.84. The molecular weight excluding hydrogens is 332 g/mol. The maximum absolute atomic E-state index is 12.6. The van der Waals surface area contributed by atoms with Crippen molar-refractivity contribution in [3.8, 4) is 0 Å². The number of hydrogen-bond acceptors (Lipinski definition) is 5. The predicted molar refractivity (Wildman–Crippen MR) is 93.7 cm³/mol. The molecule has 1 aromatic heterocycles. The number of aromatic nitrogens is 2. The molecule has 7 heteroatoms. The van der Waals surface area contributed by atoms with Gasteiger partial charge in [0.05, 0.1) is 0 Å². The third-order valence-corrected chi connectivity index (χ3v) is 6.79. The third kappa shape index (κ3) is 2.40. The predicted octanol–water partition coefficient (Wildman–Crippen LogP) is 1.50. The summed E-state index contributed by atoms with van der Waals surface area (Å²) in [4.78, 5) is 37.4. The second-order valence-corrected chi connectivity index (χ2v) is 8.46. The molecule has 1 amide bonds. The lowest BCUT2D eigenvalue weighted by molar-refractivity contribution is -0.149. The topological polar surface area (TPSA) is 86.6 Å². The molecule has 5 rings (SSSR count). The molecule has 0 spiro atoms. The molecule has 4 fully saturated rings. The maximum atomic E-state index is 12.6. The summed E-state index contributed by atoms with van der Waals surface area (Å²) >= 11 is 0. The molecule has 2 aliphatic heterocycles. The Bertz CT molecular complexity index is 761. The molecule has 138 valence electrons. The van der Waals surface area contributed by atoms with Crippen LogP contribution in [0.5, 0.6) is 0 Å². The number of aliphatic carboxylic acids is 1. The average molecular weight is 356 g/mol. The van der Waals surface area contributed by atoms with Gasteiger partial charge in [0, 0.05) is 55.7 Å². The van der Waals surface area contributed by atoms with Gasteiger partial charge in [-0.15, -0.1) is 0 Å². The molecule has 2 saturated heterocycles. The number of anilines is 1. The van der Waals surface area contributed by atoms with Gasteiger partial charge in [0.25, 0.3) is 0 Å². The highest BCUT2D eigenvalue weighted by Crippen LogP contribution is 2.46. The number of hydrogen-bond donors (Lipinski definition) is 1. The Kier molecular flexibility index (Phi) is 3.49. The minimum atomic E-state index is -0.871. The van der Waals surface area contributed by atoms with Crippen LogP contribution in [-0.2, 0) is 9.59 Å². The third-order valence-electron chi connectivity index (χ3n) is 6.79. The van der Waals surface area contributed by atoms with Gasteiger partial charge in [0.1, 0.15) is 17.6 Å². The molecule has 4 aliphatic rings. The van der Waals surface area contributed by atoms with Crippen LogP contribution in [0.3, 0.4) is 0 Å². The highest BCUT2D eigenvalue weighted by atomic mass is 16.4. The van der Waals surface area contributed by atoms with Gasteiger partial charge in [0.2, 0.25) is 5.91 Å². The number of carbonyl (C=O) groups is 2. The first-order chi connectivity index (χ1) is 12.6. The lowest BCUT2D eigenvalue weighted by Crippen LogP contribution is -2.44. The summed E-state index contributed by atoms with van der Waals surface area (Å²) in [5.74, 6) is 0.833. The Morgan fingerprint density at radius 1 is 1.12 bits per heavy atom. The van der Waals surface area contributed by atoms with Gasteiger partial charge in [0.15, 0.2) is 0 Å². The van der Waals surface area contributed by atoms with Crippen LogP contribution in [-0.4, -0.2) is 58.0 Å². The molecule has 3 heterocycles. The van der Waals surface area contributed by atoms with E-state index >= 15 is 0 Å². The van der Waals surface area contributed by atoms with Crippen molar-refractivity contribution < 1.29 is 14.7 Å². The van der Waals surface area contributed by atoms with E-state index in [9.17, 15) is 14.7 Å². The zero-order valence-electron chi connectivity index (χ0n) is 14.8. The van der Waals surface area contributed by atoms with Crippen molar-refractivity contribution in [1.29, 1.82) is 0 Å². The van der Waals surface area contributed by atoms with Crippen LogP contribution < -0.4 is 4.90 Å². The summed E-state index contributed by atoms with van der Waals surface area (Å²) < 4.78 is 0. The molecule has 0 radical (unpaired) electrons. The summed E-state index contributed by atoms with van der Waals surface area (Å²) in [6.07, 6.45) is 6.97. The maximum Gasteiger partial charge on any atom is 0.313 e. The van der Waals surface area contributed by atoms with Crippen LogP contribution in [0.2, 0.25) is 0 Å². The first-order valence-corrected chi connectivity index (χ1v) is 9.66. The van der Waals surface area contributed by atoms with Crippen molar-refractivity contribution in [2.75, 3.05) is 31.1 Å². The van der Waals surface area contributed by atoms with Crippen molar-refractivity contribution in [1.82, 2.24) is 14.9 Å². The summed E-state index contributed by atoms with van der Waals surface area (Å²) in [6.45, 7) is 1.95. The van der Waals surface area contributed by atoms with E-state index in [1.807, 2.05) is 11.0 Å². The van der Waals surface area contributed by atoms with E-state index in [4.69, 9.17) is 0 Å². The van der Waals surface area contributed by atoms with Crippen molar-refractivity contribution in [3.05, 3.63) is 18.1 Å². The number of amides is 1. The molecule has 1 N–H and O–H groups in total. The van der Waals surface area contributed by atoms with Crippen molar-refractivity contribution in [2.45, 2.75) is 38.0 Å². The van der Waals surface area contributed by atoms with Gasteiger partial charge in [-0.3, -0.25) is 9.59 Å². The van der Waals surface area contributed by atoms with E-state index in [0.29, 0.717) is 32.1 Å². The molecule has 0 unspecified atom stereocenters. The minimum absolute atomic E-state index is 0.0385. The van der Waals surface area contributed by atoms with Gasteiger partial charge in [-0.05, 0) is 25.7 Å². The normalized spacial score (nSPS) is 31.0. The van der Waals surface area contributed by atoms with Crippen LogP contribution in [0.25, 0.3) is 0 Å². The van der Waals surface area contributed by atoms with Crippen molar-refractivity contribution in [2.24, 2.45) is 17.3 Å². The fraction of sp³-hybridized carbons (Fsp3) is 0.684. The molecule has 26 heavy (non-hydrogen) atoms. The van der Waals surface area contributed by atoms with Gasteiger partial charge in [-0.2, -0.15) is 0 Å². The van der Waals surface area contributed by atoms with E-state index in [0.717, 1.165) is 30.8 Å². The lowest BCUT2D eigenvalue weighted by atomic mass is 9.81. The zero-order valence-corrected chi connectivity index (χ0v) is 14.8. The van der Waals surface area contributed by atoms with E-state index in [-0.39, 0.29) is 17.7 Å². The summed E-state index contributed by atoms with van der Waals surface area (Å²) in [5.41, 5.74) is 0.197. The first kappa shape index (κ1) is 16.0. The Hall–Kier alpha value is -2.18. The Morgan fingerprint density at radius 3 is 2.54 bits per heavy atom. The molecule has 2 atom stereocenters. The van der Waals surface area contributed by atoms with Crippen LogP contribution in [0.1, 0.15) is 43.7 Å². The van der Waals surface area contributed by atoms with E-state index in [2.05, 4.69) is 14.9 Å². The minimum Gasteiger partial charge on any atom is -0.481 e.